The molecule has 1 atom stereocenters. The number of carbonyl (C=O) groups is 1. The summed E-state index contributed by atoms with van der Waals surface area (Å²) in [5.41, 5.74) is -0.0846. The highest BCUT2D eigenvalue weighted by Gasteiger charge is 2.27. The first-order valence-corrected chi connectivity index (χ1v) is 8.01. The monoisotopic (exact) mass is 310 g/mol. The summed E-state index contributed by atoms with van der Waals surface area (Å²) in [7, 11) is 0. The Labute approximate surface area is 129 Å². The second-order valence-corrected chi connectivity index (χ2v) is 6.82. The molecule has 0 aromatic carbocycles. The molecule has 0 radical (unpaired) electrons. The van der Waals surface area contributed by atoms with Crippen LogP contribution in [0.2, 0.25) is 0 Å². The van der Waals surface area contributed by atoms with E-state index in [1.807, 2.05) is 23.8 Å². The number of thiophene rings is 1. The van der Waals surface area contributed by atoms with Gasteiger partial charge in [-0.2, -0.15) is 0 Å². The molecule has 1 aromatic rings. The van der Waals surface area contributed by atoms with Crippen LogP contribution in [0.4, 0.5) is 0 Å². The van der Waals surface area contributed by atoms with Crippen molar-refractivity contribution in [3.05, 3.63) is 23.4 Å². The zero-order valence-electron chi connectivity index (χ0n) is 12.8. The molecule has 1 unspecified atom stereocenters. The molecule has 0 amide bonds. The summed E-state index contributed by atoms with van der Waals surface area (Å²) in [4.78, 5) is 12.2. The Balaban J connectivity index is 1.86. The highest BCUT2D eigenvalue weighted by atomic mass is 32.1. The van der Waals surface area contributed by atoms with E-state index in [1.54, 1.807) is 0 Å². The smallest absolute Gasteiger partial charge is 0.309 e. The fourth-order valence-electron chi connectivity index (χ4n) is 2.20. The maximum Gasteiger partial charge on any atom is 0.309 e. The van der Waals surface area contributed by atoms with Gasteiger partial charge in [-0.15, -0.1) is 17.9 Å². The van der Waals surface area contributed by atoms with Gasteiger partial charge in [0, 0.05) is 10.8 Å². The van der Waals surface area contributed by atoms with Gasteiger partial charge < -0.3 is 14.2 Å². The maximum atomic E-state index is 12.2. The van der Waals surface area contributed by atoms with Crippen LogP contribution in [0.15, 0.2) is 23.4 Å². The third-order valence-electron chi connectivity index (χ3n) is 3.51. The van der Waals surface area contributed by atoms with E-state index in [9.17, 15) is 4.79 Å². The van der Waals surface area contributed by atoms with Gasteiger partial charge in [0.05, 0.1) is 5.92 Å². The van der Waals surface area contributed by atoms with Crippen molar-refractivity contribution in [1.82, 2.24) is 0 Å². The number of rotatable bonds is 5. The molecule has 0 aliphatic carbocycles. The zero-order valence-corrected chi connectivity index (χ0v) is 13.6. The first-order chi connectivity index (χ1) is 9.91. The number of fused-ring (bicyclic) bond motifs is 1. The second-order valence-electron chi connectivity index (χ2n) is 6.08. The van der Waals surface area contributed by atoms with Gasteiger partial charge in [-0.1, -0.05) is 26.8 Å². The van der Waals surface area contributed by atoms with Crippen molar-refractivity contribution in [2.45, 2.75) is 33.3 Å². The molecule has 0 saturated heterocycles. The maximum absolute atomic E-state index is 12.2. The molecule has 0 bridgehead atoms. The molecule has 0 saturated carbocycles. The highest BCUT2D eigenvalue weighted by Crippen LogP contribution is 2.33. The van der Waals surface area contributed by atoms with Crippen molar-refractivity contribution in [1.29, 1.82) is 0 Å². The average Bonchev–Trinajstić information content (AvgIpc) is 2.81. The zero-order chi connectivity index (χ0) is 15.5. The number of hydrogen-bond donors (Lipinski definition) is 0. The molecule has 116 valence electrons. The van der Waals surface area contributed by atoms with Gasteiger partial charge in [0.1, 0.15) is 13.2 Å². The van der Waals surface area contributed by atoms with Gasteiger partial charge in [0.2, 0.25) is 0 Å². The molecule has 0 spiro atoms. The summed E-state index contributed by atoms with van der Waals surface area (Å²) in [6, 6.07) is 0. The summed E-state index contributed by atoms with van der Waals surface area (Å²) < 4.78 is 16.7. The Bertz CT molecular complexity index is 484. The minimum absolute atomic E-state index is 0.0846. The van der Waals surface area contributed by atoms with Crippen LogP contribution in [-0.4, -0.2) is 25.3 Å². The first kappa shape index (κ1) is 15.9. The van der Waals surface area contributed by atoms with Gasteiger partial charge in [0.25, 0.3) is 0 Å². The lowest BCUT2D eigenvalue weighted by Gasteiger charge is -2.24. The average molecular weight is 310 g/mol. The van der Waals surface area contributed by atoms with Crippen LogP contribution in [0.5, 0.6) is 11.5 Å². The summed E-state index contributed by atoms with van der Waals surface area (Å²) >= 11 is 1.53. The molecule has 2 heterocycles. The Hall–Kier alpha value is -1.49. The van der Waals surface area contributed by atoms with Crippen molar-refractivity contribution in [3.8, 4) is 11.5 Å². The molecule has 5 heteroatoms. The Morgan fingerprint density at radius 3 is 2.57 bits per heavy atom. The number of allylic oxidation sites excluding steroid dienone is 1. The standard InChI is InChI=1S/C16H22O4S/c1-5-16(3,4)6-11(2)15(17)20-12-7-18-13-9-21-10-14(13)19-8-12/h5,9-12H,1,6-8H2,2-4H3. The predicted octanol–water partition coefficient (Wildman–Crippen LogP) is 3.67. The lowest BCUT2D eigenvalue weighted by Crippen LogP contribution is -2.32. The van der Waals surface area contributed by atoms with Gasteiger partial charge in [-0.3, -0.25) is 4.79 Å². The third kappa shape index (κ3) is 4.24. The van der Waals surface area contributed by atoms with E-state index in [0.717, 1.165) is 11.5 Å². The largest absolute Gasteiger partial charge is 0.485 e. The van der Waals surface area contributed by atoms with Crippen LogP contribution in [0.25, 0.3) is 0 Å². The topological polar surface area (TPSA) is 44.8 Å². The Kier molecular flexibility index (Phi) is 4.93. The van der Waals surface area contributed by atoms with Crippen molar-refractivity contribution < 1.29 is 19.0 Å². The number of carbonyl (C=O) groups excluding carboxylic acids is 1. The van der Waals surface area contributed by atoms with E-state index in [-0.39, 0.29) is 23.4 Å². The molecule has 2 rings (SSSR count). The number of hydrogen-bond acceptors (Lipinski definition) is 5. The molecule has 1 aliphatic rings. The van der Waals surface area contributed by atoms with Crippen LogP contribution in [0.3, 0.4) is 0 Å². The van der Waals surface area contributed by atoms with E-state index in [1.165, 1.54) is 11.3 Å². The summed E-state index contributed by atoms with van der Waals surface area (Å²) in [5.74, 6) is 1.04. The Morgan fingerprint density at radius 2 is 2.05 bits per heavy atom. The fraction of sp³-hybridized carbons (Fsp3) is 0.562. The van der Waals surface area contributed by atoms with Crippen molar-refractivity contribution in [2.75, 3.05) is 13.2 Å². The molecule has 0 N–H and O–H groups in total. The molecule has 1 aliphatic heterocycles. The lowest BCUT2D eigenvalue weighted by molar-refractivity contribution is -0.157. The molecule has 1 aromatic heterocycles. The van der Waals surface area contributed by atoms with Crippen LogP contribution < -0.4 is 9.47 Å². The fourth-order valence-corrected chi connectivity index (χ4v) is 2.89. The van der Waals surface area contributed by atoms with E-state index in [0.29, 0.717) is 19.6 Å². The van der Waals surface area contributed by atoms with E-state index < -0.39 is 0 Å². The highest BCUT2D eigenvalue weighted by molar-refractivity contribution is 7.08. The lowest BCUT2D eigenvalue weighted by atomic mass is 9.83. The van der Waals surface area contributed by atoms with Gasteiger partial charge in [-0.05, 0) is 11.8 Å². The number of esters is 1. The van der Waals surface area contributed by atoms with E-state index in [4.69, 9.17) is 14.2 Å². The normalized spacial score (nSPS) is 16.9. The van der Waals surface area contributed by atoms with Gasteiger partial charge in [-0.25, -0.2) is 0 Å². The van der Waals surface area contributed by atoms with Crippen LogP contribution in [-0.2, 0) is 9.53 Å². The van der Waals surface area contributed by atoms with E-state index in [2.05, 4.69) is 20.4 Å². The quantitative estimate of drug-likeness (QED) is 0.615. The van der Waals surface area contributed by atoms with Gasteiger partial charge >= 0.3 is 5.97 Å². The predicted molar refractivity (Wildman–Crippen MR) is 82.9 cm³/mol. The van der Waals surface area contributed by atoms with E-state index >= 15 is 0 Å². The van der Waals surface area contributed by atoms with Crippen LogP contribution in [0, 0.1) is 11.3 Å². The van der Waals surface area contributed by atoms with Crippen molar-refractivity contribution in [3.63, 3.8) is 0 Å². The molecule has 0 fully saturated rings. The Morgan fingerprint density at radius 1 is 1.48 bits per heavy atom. The molecule has 4 nitrogen and oxygen atoms in total. The van der Waals surface area contributed by atoms with Crippen LogP contribution in [0.1, 0.15) is 27.2 Å². The summed E-state index contributed by atoms with van der Waals surface area (Å²) in [5, 5.41) is 3.77. The minimum atomic E-state index is -0.371. The minimum Gasteiger partial charge on any atom is -0.485 e. The van der Waals surface area contributed by atoms with Gasteiger partial charge in [0.15, 0.2) is 17.6 Å². The third-order valence-corrected chi connectivity index (χ3v) is 4.21. The molecular formula is C16H22O4S. The SMILES string of the molecule is C=CC(C)(C)CC(C)C(=O)OC1COc2cscc2OC1. The van der Waals surface area contributed by atoms with Crippen LogP contribution >= 0.6 is 11.3 Å². The summed E-state index contributed by atoms with van der Waals surface area (Å²) in [6.45, 7) is 10.4. The summed E-state index contributed by atoms with van der Waals surface area (Å²) in [6.07, 6.45) is 2.20. The number of ether oxygens (including phenoxy) is 3. The second kappa shape index (κ2) is 6.52. The van der Waals surface area contributed by atoms with Crippen molar-refractivity contribution >= 4 is 17.3 Å². The molecular weight excluding hydrogens is 288 g/mol. The molecule has 21 heavy (non-hydrogen) atoms. The van der Waals surface area contributed by atoms with Crippen molar-refractivity contribution in [2.24, 2.45) is 11.3 Å². The first-order valence-electron chi connectivity index (χ1n) is 7.07.